The van der Waals surface area contributed by atoms with E-state index in [9.17, 15) is 13.2 Å². The summed E-state index contributed by atoms with van der Waals surface area (Å²) < 4.78 is 35.4. The Bertz CT molecular complexity index is 299. The molecule has 0 aromatic carbocycles. The van der Waals surface area contributed by atoms with Crippen molar-refractivity contribution in [2.45, 2.75) is 13.1 Å². The fraction of sp³-hybridized carbons (Fsp3) is 0.250. The number of allylic oxidation sites excluding steroid dienone is 1. The highest BCUT2D eigenvalue weighted by Crippen LogP contribution is 2.27. The molecule has 0 bridgehead atoms. The smallest absolute Gasteiger partial charge is 0.259 e. The number of nitrogens with zero attached hydrogens (tertiary/aromatic N) is 2. The van der Waals surface area contributed by atoms with Crippen molar-refractivity contribution in [1.29, 1.82) is 0 Å². The molecule has 0 saturated heterocycles. The molecule has 0 saturated carbocycles. The van der Waals surface area contributed by atoms with Crippen molar-refractivity contribution in [2.75, 3.05) is 0 Å². The standard InChI is InChI=1S/C5H2ClF3N2.C3H6/c6-4-2-10-1-3(11-4)5(7,8)9;1-3-2/h1-2H;3H,1H2,2H3. The van der Waals surface area contributed by atoms with Crippen LogP contribution in [0.3, 0.4) is 0 Å². The van der Waals surface area contributed by atoms with E-state index in [0.717, 1.165) is 6.20 Å². The minimum absolute atomic E-state index is 0.264. The second kappa shape index (κ2) is 5.59. The summed E-state index contributed by atoms with van der Waals surface area (Å²) in [4.78, 5) is 6.26. The molecule has 1 heterocycles. The summed E-state index contributed by atoms with van der Waals surface area (Å²) in [5.41, 5.74) is -1.08. The van der Waals surface area contributed by atoms with Gasteiger partial charge in [0.05, 0.1) is 12.4 Å². The SMILES string of the molecule is C=CC.FC(F)(F)c1cncc(Cl)n1. The van der Waals surface area contributed by atoms with Crippen LogP contribution in [-0.2, 0) is 6.18 Å². The molecule has 0 unspecified atom stereocenters. The first kappa shape index (κ1) is 12.9. The molecular weight excluding hydrogens is 217 g/mol. The minimum atomic E-state index is -4.47. The van der Waals surface area contributed by atoms with Crippen LogP contribution in [0, 0.1) is 0 Å². The second-order valence-electron chi connectivity index (χ2n) is 2.13. The Hall–Kier alpha value is -1.10. The van der Waals surface area contributed by atoms with Gasteiger partial charge in [-0.25, -0.2) is 4.98 Å². The molecule has 78 valence electrons. The fourth-order valence-electron chi connectivity index (χ4n) is 0.479. The Morgan fingerprint density at radius 3 is 2.21 bits per heavy atom. The summed E-state index contributed by atoms with van der Waals surface area (Å²) in [6, 6.07) is 0. The van der Waals surface area contributed by atoms with E-state index in [2.05, 4.69) is 16.5 Å². The average Bonchev–Trinajstić information content (AvgIpc) is 2.04. The molecule has 0 aliphatic heterocycles. The van der Waals surface area contributed by atoms with E-state index in [1.54, 1.807) is 6.08 Å². The number of hydrogen-bond acceptors (Lipinski definition) is 2. The third-order valence-corrected chi connectivity index (χ3v) is 1.08. The molecule has 0 N–H and O–H groups in total. The molecule has 0 atom stereocenters. The Labute approximate surface area is 84.4 Å². The zero-order chi connectivity index (χ0) is 11.2. The molecule has 0 aliphatic rings. The number of hydrogen-bond donors (Lipinski definition) is 0. The van der Waals surface area contributed by atoms with E-state index in [1.165, 1.54) is 0 Å². The molecule has 0 spiro atoms. The van der Waals surface area contributed by atoms with Gasteiger partial charge in [-0.1, -0.05) is 17.7 Å². The van der Waals surface area contributed by atoms with Gasteiger partial charge < -0.3 is 0 Å². The van der Waals surface area contributed by atoms with Gasteiger partial charge in [-0.05, 0) is 6.92 Å². The topological polar surface area (TPSA) is 25.8 Å². The molecule has 14 heavy (non-hydrogen) atoms. The first-order valence-corrected chi connectivity index (χ1v) is 3.91. The number of aromatic nitrogens is 2. The van der Waals surface area contributed by atoms with Crippen molar-refractivity contribution < 1.29 is 13.2 Å². The van der Waals surface area contributed by atoms with Crippen LogP contribution in [0.25, 0.3) is 0 Å². The molecule has 6 heteroatoms. The maximum absolute atomic E-state index is 11.8. The summed E-state index contributed by atoms with van der Waals surface area (Å²) in [5, 5.41) is -0.264. The van der Waals surface area contributed by atoms with Crippen molar-refractivity contribution in [3.05, 3.63) is 35.9 Å². The predicted molar refractivity (Wildman–Crippen MR) is 47.9 cm³/mol. The van der Waals surface area contributed by atoms with Crippen molar-refractivity contribution in [3.8, 4) is 0 Å². The quantitative estimate of drug-likeness (QED) is 0.632. The summed E-state index contributed by atoms with van der Waals surface area (Å²) in [7, 11) is 0. The Balaban J connectivity index is 0.000000500. The fourth-order valence-corrected chi connectivity index (χ4v) is 0.626. The highest BCUT2D eigenvalue weighted by atomic mass is 35.5. The molecule has 1 aromatic rings. The van der Waals surface area contributed by atoms with Crippen molar-refractivity contribution >= 4 is 11.6 Å². The zero-order valence-corrected chi connectivity index (χ0v) is 8.10. The van der Waals surface area contributed by atoms with Gasteiger partial charge in [-0.15, -0.1) is 6.58 Å². The van der Waals surface area contributed by atoms with Gasteiger partial charge in [0.25, 0.3) is 0 Å². The van der Waals surface area contributed by atoms with Gasteiger partial charge >= 0.3 is 6.18 Å². The van der Waals surface area contributed by atoms with Crippen LogP contribution in [0.15, 0.2) is 25.0 Å². The van der Waals surface area contributed by atoms with E-state index < -0.39 is 11.9 Å². The van der Waals surface area contributed by atoms with Gasteiger partial charge in [0, 0.05) is 0 Å². The molecule has 2 nitrogen and oxygen atoms in total. The van der Waals surface area contributed by atoms with E-state index >= 15 is 0 Å². The van der Waals surface area contributed by atoms with E-state index in [4.69, 9.17) is 11.6 Å². The summed E-state index contributed by atoms with van der Waals surface area (Å²) in [6.07, 6.45) is -1.07. The number of alkyl halides is 3. The monoisotopic (exact) mass is 224 g/mol. The molecule has 0 aliphatic carbocycles. The Morgan fingerprint density at radius 2 is 1.93 bits per heavy atom. The lowest BCUT2D eigenvalue weighted by atomic mass is 10.4. The van der Waals surface area contributed by atoms with E-state index in [1.807, 2.05) is 6.92 Å². The highest BCUT2D eigenvalue weighted by molar-refractivity contribution is 6.29. The normalized spacial score (nSPS) is 10.1. The Kier molecular flexibility index (Phi) is 5.15. The molecule has 1 aromatic heterocycles. The van der Waals surface area contributed by atoms with E-state index in [-0.39, 0.29) is 5.15 Å². The van der Waals surface area contributed by atoms with Crippen LogP contribution in [-0.4, -0.2) is 9.97 Å². The van der Waals surface area contributed by atoms with Gasteiger partial charge in [0.15, 0.2) is 5.69 Å². The third-order valence-electron chi connectivity index (χ3n) is 0.896. The maximum atomic E-state index is 11.8. The van der Waals surface area contributed by atoms with E-state index in [0.29, 0.717) is 6.20 Å². The average molecular weight is 225 g/mol. The van der Waals surface area contributed by atoms with Crippen LogP contribution in [0.4, 0.5) is 13.2 Å². The largest absolute Gasteiger partial charge is 0.434 e. The van der Waals surface area contributed by atoms with Crippen LogP contribution in [0.1, 0.15) is 12.6 Å². The summed E-state index contributed by atoms with van der Waals surface area (Å²) in [6.45, 7) is 5.25. The number of rotatable bonds is 0. The van der Waals surface area contributed by atoms with Crippen LogP contribution in [0.5, 0.6) is 0 Å². The van der Waals surface area contributed by atoms with Crippen LogP contribution in [0.2, 0.25) is 5.15 Å². The lowest BCUT2D eigenvalue weighted by molar-refractivity contribution is -0.141. The van der Waals surface area contributed by atoms with Crippen molar-refractivity contribution in [3.63, 3.8) is 0 Å². The predicted octanol–water partition coefficient (Wildman–Crippen LogP) is 3.34. The molecule has 0 radical (unpaired) electrons. The van der Waals surface area contributed by atoms with Crippen LogP contribution >= 0.6 is 11.6 Å². The third kappa shape index (κ3) is 4.81. The van der Waals surface area contributed by atoms with Crippen molar-refractivity contribution in [2.24, 2.45) is 0 Å². The lowest BCUT2D eigenvalue weighted by Gasteiger charge is -2.03. The molecule has 0 fully saturated rings. The molecule has 1 rings (SSSR count). The van der Waals surface area contributed by atoms with Gasteiger partial charge in [0.2, 0.25) is 0 Å². The van der Waals surface area contributed by atoms with Gasteiger partial charge in [0.1, 0.15) is 5.15 Å². The van der Waals surface area contributed by atoms with Crippen molar-refractivity contribution in [1.82, 2.24) is 9.97 Å². The van der Waals surface area contributed by atoms with Crippen LogP contribution < -0.4 is 0 Å². The lowest BCUT2D eigenvalue weighted by Crippen LogP contribution is -2.08. The molecule has 0 amide bonds. The zero-order valence-electron chi connectivity index (χ0n) is 7.35. The summed E-state index contributed by atoms with van der Waals surface area (Å²) >= 11 is 5.18. The van der Waals surface area contributed by atoms with Gasteiger partial charge in [-0.3, -0.25) is 4.98 Å². The Morgan fingerprint density at radius 1 is 1.43 bits per heavy atom. The first-order chi connectivity index (χ1) is 6.41. The first-order valence-electron chi connectivity index (χ1n) is 3.53. The number of halogens is 4. The highest BCUT2D eigenvalue weighted by Gasteiger charge is 2.32. The second-order valence-corrected chi connectivity index (χ2v) is 2.52. The molecular formula is C8H8ClF3N2. The summed E-state index contributed by atoms with van der Waals surface area (Å²) in [5.74, 6) is 0. The minimum Gasteiger partial charge on any atom is -0.259 e. The van der Waals surface area contributed by atoms with Gasteiger partial charge in [-0.2, -0.15) is 13.2 Å². The maximum Gasteiger partial charge on any atom is 0.434 e.